The molecular formula is C25H25ClN4O3. The van der Waals surface area contributed by atoms with E-state index in [0.717, 1.165) is 39.9 Å². The first-order valence-electron chi connectivity index (χ1n) is 11.0. The number of anilines is 1. The Hall–Kier alpha value is -3.32. The molecule has 0 aliphatic carbocycles. The highest BCUT2D eigenvalue weighted by molar-refractivity contribution is 6.30. The van der Waals surface area contributed by atoms with Gasteiger partial charge in [-0.2, -0.15) is 0 Å². The van der Waals surface area contributed by atoms with Crippen LogP contribution in [-0.4, -0.2) is 53.7 Å². The number of fused-ring (bicyclic) bond motifs is 1. The van der Waals surface area contributed by atoms with Crippen LogP contribution in [0.1, 0.15) is 33.0 Å². The van der Waals surface area contributed by atoms with Crippen LogP contribution >= 0.6 is 11.6 Å². The molecule has 0 radical (unpaired) electrons. The average molecular weight is 465 g/mol. The van der Waals surface area contributed by atoms with Crippen molar-refractivity contribution in [3.05, 3.63) is 75.7 Å². The Balaban J connectivity index is 1.32. The number of hydrogen-bond donors (Lipinski definition) is 0. The molecule has 0 N–H and O–H groups in total. The van der Waals surface area contributed by atoms with Crippen LogP contribution in [0.4, 0.5) is 5.82 Å². The summed E-state index contributed by atoms with van der Waals surface area (Å²) in [6, 6.07) is 13.2. The third kappa shape index (κ3) is 4.46. The molecule has 8 heteroatoms. The fourth-order valence-electron chi connectivity index (χ4n) is 4.33. The number of halogens is 1. The lowest BCUT2D eigenvalue weighted by atomic mass is 10.0. The van der Waals surface area contributed by atoms with Gasteiger partial charge in [0.05, 0.1) is 0 Å². The van der Waals surface area contributed by atoms with Gasteiger partial charge >= 0.3 is 0 Å². The molecule has 3 aromatic rings. The van der Waals surface area contributed by atoms with E-state index in [1.165, 1.54) is 0 Å². The number of ether oxygens (including phenoxy) is 2. The lowest BCUT2D eigenvalue weighted by Gasteiger charge is -2.36. The fourth-order valence-corrected chi connectivity index (χ4v) is 4.45. The summed E-state index contributed by atoms with van der Waals surface area (Å²) in [7, 11) is 0. The number of hydrogen-bond acceptors (Lipinski definition) is 6. The minimum absolute atomic E-state index is 0.00406. The predicted molar refractivity (Wildman–Crippen MR) is 126 cm³/mol. The van der Waals surface area contributed by atoms with Crippen molar-refractivity contribution in [3.8, 4) is 11.5 Å². The number of rotatable bonds is 4. The first-order chi connectivity index (χ1) is 16.0. The fraction of sp³-hybridized carbons (Fsp3) is 0.320. The molecule has 2 aliphatic rings. The number of aryl methyl sites for hydroxylation is 2. The number of benzene rings is 2. The molecule has 7 nitrogen and oxygen atoms in total. The van der Waals surface area contributed by atoms with E-state index >= 15 is 0 Å². The van der Waals surface area contributed by atoms with Gasteiger partial charge in [-0.1, -0.05) is 23.7 Å². The highest BCUT2D eigenvalue weighted by atomic mass is 35.5. The topological polar surface area (TPSA) is 67.8 Å². The van der Waals surface area contributed by atoms with Crippen molar-refractivity contribution in [2.75, 3.05) is 37.9 Å². The van der Waals surface area contributed by atoms with E-state index in [1.54, 1.807) is 18.2 Å². The van der Waals surface area contributed by atoms with Crippen molar-refractivity contribution >= 4 is 23.3 Å². The van der Waals surface area contributed by atoms with Gasteiger partial charge in [0.15, 0.2) is 11.5 Å². The van der Waals surface area contributed by atoms with E-state index in [-0.39, 0.29) is 12.7 Å². The Morgan fingerprint density at radius 2 is 1.70 bits per heavy atom. The van der Waals surface area contributed by atoms with Crippen molar-refractivity contribution in [2.45, 2.75) is 20.3 Å². The minimum Gasteiger partial charge on any atom is -0.454 e. The highest BCUT2D eigenvalue weighted by Crippen LogP contribution is 2.33. The molecule has 1 fully saturated rings. The molecule has 0 spiro atoms. The summed E-state index contributed by atoms with van der Waals surface area (Å²) in [5.74, 6) is 3.01. The Morgan fingerprint density at radius 1 is 0.970 bits per heavy atom. The largest absolute Gasteiger partial charge is 0.454 e. The Kier molecular flexibility index (Phi) is 5.81. The summed E-state index contributed by atoms with van der Waals surface area (Å²) in [6.07, 6.45) is 0.731. The van der Waals surface area contributed by atoms with Crippen LogP contribution in [0.3, 0.4) is 0 Å². The molecule has 33 heavy (non-hydrogen) atoms. The molecule has 0 bridgehead atoms. The first-order valence-corrected chi connectivity index (χ1v) is 11.4. The lowest BCUT2D eigenvalue weighted by molar-refractivity contribution is 0.0746. The Morgan fingerprint density at radius 3 is 2.45 bits per heavy atom. The van der Waals surface area contributed by atoms with Gasteiger partial charge in [-0.3, -0.25) is 4.79 Å². The molecule has 2 aromatic carbocycles. The van der Waals surface area contributed by atoms with Crippen LogP contribution in [0.2, 0.25) is 5.02 Å². The van der Waals surface area contributed by atoms with Crippen LogP contribution in [0.25, 0.3) is 0 Å². The zero-order valence-electron chi connectivity index (χ0n) is 18.7. The molecule has 0 atom stereocenters. The van der Waals surface area contributed by atoms with E-state index in [9.17, 15) is 4.79 Å². The normalized spacial score (nSPS) is 15.1. The molecule has 1 amide bonds. The second-order valence-electron chi connectivity index (χ2n) is 8.31. The Labute approximate surface area is 197 Å². The van der Waals surface area contributed by atoms with Crippen LogP contribution in [0.15, 0.2) is 42.5 Å². The van der Waals surface area contributed by atoms with E-state index < -0.39 is 0 Å². The van der Waals surface area contributed by atoms with Gasteiger partial charge in [-0.05, 0) is 49.7 Å². The zero-order valence-corrected chi connectivity index (χ0v) is 19.4. The maximum Gasteiger partial charge on any atom is 0.254 e. The molecule has 3 heterocycles. The molecule has 5 rings (SSSR count). The monoisotopic (exact) mass is 464 g/mol. The van der Waals surface area contributed by atoms with Crippen molar-refractivity contribution < 1.29 is 14.3 Å². The molecule has 0 unspecified atom stereocenters. The van der Waals surface area contributed by atoms with Gasteiger partial charge in [-0.25, -0.2) is 9.97 Å². The van der Waals surface area contributed by atoms with Crippen molar-refractivity contribution in [1.29, 1.82) is 0 Å². The van der Waals surface area contributed by atoms with E-state index in [4.69, 9.17) is 26.1 Å². The minimum atomic E-state index is 0.00406. The SMILES string of the molecule is Cc1nc(C)c(Cc2ccc(Cl)cc2)c(N2CCN(C(=O)c3ccc4c(c3)OCO4)CC2)n1. The molecule has 1 saturated heterocycles. The molecule has 1 aromatic heterocycles. The van der Waals surface area contributed by atoms with Gasteiger partial charge in [0.25, 0.3) is 5.91 Å². The van der Waals surface area contributed by atoms with Crippen LogP contribution in [0.5, 0.6) is 11.5 Å². The maximum absolute atomic E-state index is 13.1. The first kappa shape index (κ1) is 21.5. The van der Waals surface area contributed by atoms with Gasteiger partial charge < -0.3 is 19.3 Å². The zero-order chi connectivity index (χ0) is 22.9. The number of nitrogens with zero attached hydrogens (tertiary/aromatic N) is 4. The highest BCUT2D eigenvalue weighted by Gasteiger charge is 2.26. The summed E-state index contributed by atoms with van der Waals surface area (Å²) in [5, 5.41) is 0.721. The summed E-state index contributed by atoms with van der Waals surface area (Å²) in [6.45, 7) is 6.80. The van der Waals surface area contributed by atoms with Crippen LogP contribution < -0.4 is 14.4 Å². The van der Waals surface area contributed by atoms with Gasteiger partial charge in [0, 0.05) is 54.4 Å². The second kappa shape index (κ2) is 8.90. The standard InChI is InChI=1S/C25H25ClN4O3/c1-16-21(13-18-3-6-20(26)7-4-18)24(28-17(2)27-16)29-9-11-30(12-10-29)25(31)19-5-8-22-23(14-19)33-15-32-22/h3-8,14H,9-13,15H2,1-2H3. The van der Waals surface area contributed by atoms with Crippen molar-refractivity contribution in [1.82, 2.24) is 14.9 Å². The Bertz CT molecular complexity index is 1190. The van der Waals surface area contributed by atoms with Gasteiger partial charge in [0.1, 0.15) is 11.6 Å². The molecule has 2 aliphatic heterocycles. The molecule has 0 saturated carbocycles. The maximum atomic E-state index is 13.1. The average Bonchev–Trinajstić information content (AvgIpc) is 3.29. The van der Waals surface area contributed by atoms with Gasteiger partial charge in [0.2, 0.25) is 6.79 Å². The number of piperazine rings is 1. The number of carbonyl (C=O) groups is 1. The van der Waals surface area contributed by atoms with E-state index in [2.05, 4.69) is 9.88 Å². The summed E-state index contributed by atoms with van der Waals surface area (Å²) in [4.78, 5) is 26.6. The molecule has 170 valence electrons. The summed E-state index contributed by atoms with van der Waals surface area (Å²) >= 11 is 6.05. The van der Waals surface area contributed by atoms with Crippen LogP contribution in [0, 0.1) is 13.8 Å². The van der Waals surface area contributed by atoms with Gasteiger partial charge in [-0.15, -0.1) is 0 Å². The summed E-state index contributed by atoms with van der Waals surface area (Å²) in [5.41, 5.74) is 3.86. The predicted octanol–water partition coefficient (Wildman–Crippen LogP) is 4.03. The third-order valence-electron chi connectivity index (χ3n) is 6.08. The smallest absolute Gasteiger partial charge is 0.254 e. The number of aromatic nitrogens is 2. The van der Waals surface area contributed by atoms with Crippen molar-refractivity contribution in [2.24, 2.45) is 0 Å². The number of amides is 1. The quantitative estimate of drug-likeness (QED) is 0.580. The lowest BCUT2D eigenvalue weighted by Crippen LogP contribution is -2.49. The van der Waals surface area contributed by atoms with Crippen molar-refractivity contribution in [3.63, 3.8) is 0 Å². The van der Waals surface area contributed by atoms with E-state index in [0.29, 0.717) is 43.2 Å². The third-order valence-corrected chi connectivity index (χ3v) is 6.34. The van der Waals surface area contributed by atoms with Crippen LogP contribution in [-0.2, 0) is 6.42 Å². The number of carbonyl (C=O) groups excluding carboxylic acids is 1. The second-order valence-corrected chi connectivity index (χ2v) is 8.75. The molecular weight excluding hydrogens is 440 g/mol. The van der Waals surface area contributed by atoms with E-state index in [1.807, 2.05) is 43.0 Å². The summed E-state index contributed by atoms with van der Waals surface area (Å²) < 4.78 is 10.8.